The van der Waals surface area contributed by atoms with Gasteiger partial charge in [0, 0.05) is 18.2 Å². The van der Waals surface area contributed by atoms with E-state index in [1.807, 2.05) is 0 Å². The second-order valence-electron chi connectivity index (χ2n) is 4.82. The number of aryl methyl sites for hydroxylation is 1. The van der Waals surface area contributed by atoms with Gasteiger partial charge in [0.1, 0.15) is 6.04 Å². The van der Waals surface area contributed by atoms with Gasteiger partial charge in [0.15, 0.2) is 0 Å². The Bertz CT molecular complexity index is 700. The number of carbonyl (C=O) groups is 1. The van der Waals surface area contributed by atoms with Gasteiger partial charge in [-0.15, -0.1) is 0 Å². The van der Waals surface area contributed by atoms with Gasteiger partial charge in [-0.2, -0.15) is 4.31 Å². The normalized spacial score (nSPS) is 19.6. The van der Waals surface area contributed by atoms with E-state index >= 15 is 0 Å². The van der Waals surface area contributed by atoms with Gasteiger partial charge in [0.2, 0.25) is 10.0 Å². The van der Waals surface area contributed by atoms with Crippen molar-refractivity contribution < 1.29 is 23.2 Å². The zero-order chi connectivity index (χ0) is 15.8. The maximum absolute atomic E-state index is 12.5. The fourth-order valence-electron chi connectivity index (χ4n) is 2.40. The van der Waals surface area contributed by atoms with Crippen molar-refractivity contribution in [3.63, 3.8) is 0 Å². The minimum absolute atomic E-state index is 0.126. The lowest BCUT2D eigenvalue weighted by atomic mass is 10.2. The highest BCUT2D eigenvalue weighted by atomic mass is 32.2. The number of sulfonamides is 1. The van der Waals surface area contributed by atoms with Crippen molar-refractivity contribution in [3.05, 3.63) is 33.9 Å². The molecule has 1 saturated heterocycles. The lowest BCUT2D eigenvalue weighted by Crippen LogP contribution is -2.40. The molecule has 1 aliphatic rings. The van der Waals surface area contributed by atoms with Crippen molar-refractivity contribution in [2.75, 3.05) is 6.54 Å². The summed E-state index contributed by atoms with van der Waals surface area (Å²) in [5.74, 6) is -1.19. The molecule has 9 heteroatoms. The molecule has 0 aliphatic carbocycles. The van der Waals surface area contributed by atoms with Crippen molar-refractivity contribution in [1.82, 2.24) is 4.31 Å². The van der Waals surface area contributed by atoms with Crippen LogP contribution < -0.4 is 0 Å². The van der Waals surface area contributed by atoms with E-state index in [1.165, 1.54) is 13.0 Å². The molecule has 8 nitrogen and oxygen atoms in total. The van der Waals surface area contributed by atoms with Crippen molar-refractivity contribution in [2.45, 2.75) is 30.7 Å². The molecule has 1 aromatic rings. The summed E-state index contributed by atoms with van der Waals surface area (Å²) in [4.78, 5) is 21.1. The SMILES string of the molecule is Cc1cc(S(=O)(=O)N2CCC[C@H]2C(=O)O)ccc1[N+](=O)[O-]. The summed E-state index contributed by atoms with van der Waals surface area (Å²) in [6.45, 7) is 1.57. The molecule has 0 radical (unpaired) electrons. The van der Waals surface area contributed by atoms with Crippen molar-refractivity contribution in [3.8, 4) is 0 Å². The zero-order valence-electron chi connectivity index (χ0n) is 11.2. The number of hydrogen-bond acceptors (Lipinski definition) is 5. The average molecular weight is 314 g/mol. The average Bonchev–Trinajstić information content (AvgIpc) is 2.88. The van der Waals surface area contributed by atoms with Crippen molar-refractivity contribution in [1.29, 1.82) is 0 Å². The molecule has 0 saturated carbocycles. The fraction of sp³-hybridized carbons (Fsp3) is 0.417. The van der Waals surface area contributed by atoms with Crippen LogP contribution in [0.2, 0.25) is 0 Å². The maximum Gasteiger partial charge on any atom is 0.322 e. The van der Waals surface area contributed by atoms with Gasteiger partial charge in [-0.25, -0.2) is 8.42 Å². The predicted molar refractivity (Wildman–Crippen MR) is 72.4 cm³/mol. The molecule has 2 rings (SSSR count). The van der Waals surface area contributed by atoms with Gasteiger partial charge >= 0.3 is 5.97 Å². The Balaban J connectivity index is 2.43. The Morgan fingerprint density at radius 3 is 2.67 bits per heavy atom. The number of rotatable bonds is 4. The first-order valence-electron chi connectivity index (χ1n) is 6.25. The molecule has 0 aromatic heterocycles. The van der Waals surface area contributed by atoms with Crippen LogP contribution in [0.3, 0.4) is 0 Å². The van der Waals surface area contributed by atoms with E-state index in [2.05, 4.69) is 0 Å². The van der Waals surface area contributed by atoms with E-state index in [-0.39, 0.29) is 29.1 Å². The topological polar surface area (TPSA) is 118 Å². The number of aliphatic carboxylic acids is 1. The minimum Gasteiger partial charge on any atom is -0.480 e. The first kappa shape index (κ1) is 15.4. The third-order valence-electron chi connectivity index (χ3n) is 3.46. The third kappa shape index (κ3) is 2.74. The first-order chi connectivity index (χ1) is 9.75. The number of nitrogens with zero attached hydrogens (tertiary/aromatic N) is 2. The van der Waals surface area contributed by atoms with E-state index in [1.54, 1.807) is 0 Å². The summed E-state index contributed by atoms with van der Waals surface area (Å²) in [7, 11) is -3.97. The summed E-state index contributed by atoms with van der Waals surface area (Å²) in [6, 6.07) is 2.38. The molecule has 114 valence electrons. The smallest absolute Gasteiger partial charge is 0.322 e. The molecule has 0 unspecified atom stereocenters. The van der Waals surface area contributed by atoms with Crippen molar-refractivity contribution in [2.24, 2.45) is 0 Å². The van der Waals surface area contributed by atoms with Crippen LogP contribution in [0.1, 0.15) is 18.4 Å². The molecule has 0 spiro atoms. The third-order valence-corrected chi connectivity index (χ3v) is 5.36. The first-order valence-corrected chi connectivity index (χ1v) is 7.69. The standard InChI is InChI=1S/C12H14N2O6S/c1-8-7-9(4-5-10(8)14(17)18)21(19,20)13-6-2-3-11(13)12(15)16/h4-5,7,11H,2-3,6H2,1H3,(H,15,16)/t11-/m0/s1. The second kappa shape index (κ2) is 5.41. The highest BCUT2D eigenvalue weighted by Gasteiger charge is 2.39. The van der Waals surface area contributed by atoms with Gasteiger partial charge < -0.3 is 5.11 Å². The molecule has 1 atom stereocenters. The van der Waals surface area contributed by atoms with E-state index in [9.17, 15) is 23.3 Å². The zero-order valence-corrected chi connectivity index (χ0v) is 12.0. The Morgan fingerprint density at radius 2 is 2.14 bits per heavy atom. The summed E-state index contributed by atoms with van der Waals surface area (Å²) in [6.07, 6.45) is 0.739. The van der Waals surface area contributed by atoms with Gasteiger partial charge in [0.05, 0.1) is 9.82 Å². The number of nitro benzene ring substituents is 1. The summed E-state index contributed by atoms with van der Waals surface area (Å²) < 4.78 is 25.9. The van der Waals surface area contributed by atoms with Crippen LogP contribution in [-0.4, -0.2) is 41.3 Å². The molecular weight excluding hydrogens is 300 g/mol. The summed E-state index contributed by atoms with van der Waals surface area (Å²) in [5, 5.41) is 19.8. The molecule has 21 heavy (non-hydrogen) atoms. The van der Waals surface area contributed by atoms with E-state index < -0.39 is 27.0 Å². The second-order valence-corrected chi connectivity index (χ2v) is 6.71. The fourth-order valence-corrected chi connectivity index (χ4v) is 4.14. The molecule has 0 bridgehead atoms. The molecule has 1 N–H and O–H groups in total. The molecule has 1 fully saturated rings. The van der Waals surface area contributed by atoms with Gasteiger partial charge in [0.25, 0.3) is 5.69 Å². The lowest BCUT2D eigenvalue weighted by Gasteiger charge is -2.21. The quantitative estimate of drug-likeness (QED) is 0.657. The van der Waals surface area contributed by atoms with Crippen LogP contribution >= 0.6 is 0 Å². The van der Waals surface area contributed by atoms with Crippen LogP contribution in [0.15, 0.2) is 23.1 Å². The Labute approximate surface area is 121 Å². The number of carboxylic acid groups (broad SMARTS) is 1. The summed E-state index contributed by atoms with van der Waals surface area (Å²) in [5.41, 5.74) is 0.0392. The monoisotopic (exact) mass is 314 g/mol. The van der Waals surface area contributed by atoms with Gasteiger partial charge in [-0.3, -0.25) is 14.9 Å². The largest absolute Gasteiger partial charge is 0.480 e. The Kier molecular flexibility index (Phi) is 3.97. The molecule has 1 aromatic carbocycles. The highest BCUT2D eigenvalue weighted by molar-refractivity contribution is 7.89. The molecular formula is C12H14N2O6S. The molecule has 1 aliphatic heterocycles. The van der Waals surface area contributed by atoms with Gasteiger partial charge in [-0.1, -0.05) is 0 Å². The predicted octanol–water partition coefficient (Wildman–Crippen LogP) is 1.14. The van der Waals surface area contributed by atoms with E-state index in [0.29, 0.717) is 6.42 Å². The Morgan fingerprint density at radius 1 is 1.48 bits per heavy atom. The minimum atomic E-state index is -3.97. The number of carboxylic acids is 1. The number of hydrogen-bond donors (Lipinski definition) is 1. The maximum atomic E-state index is 12.5. The highest BCUT2D eigenvalue weighted by Crippen LogP contribution is 2.28. The molecule has 0 amide bonds. The molecule has 1 heterocycles. The van der Waals surface area contributed by atoms with Crippen LogP contribution in [0.5, 0.6) is 0 Å². The number of nitro groups is 1. The van der Waals surface area contributed by atoms with Gasteiger partial charge in [-0.05, 0) is 31.9 Å². The van der Waals surface area contributed by atoms with E-state index in [4.69, 9.17) is 5.11 Å². The number of benzene rings is 1. The van der Waals surface area contributed by atoms with E-state index in [0.717, 1.165) is 16.4 Å². The van der Waals surface area contributed by atoms with Crippen LogP contribution in [-0.2, 0) is 14.8 Å². The van der Waals surface area contributed by atoms with Crippen LogP contribution in [0.4, 0.5) is 5.69 Å². The van der Waals surface area contributed by atoms with Crippen molar-refractivity contribution >= 4 is 21.7 Å². The van der Waals surface area contributed by atoms with Crippen LogP contribution in [0, 0.1) is 17.0 Å². The lowest BCUT2D eigenvalue weighted by molar-refractivity contribution is -0.385. The Hall–Kier alpha value is -2.00. The van der Waals surface area contributed by atoms with Crippen LogP contribution in [0.25, 0.3) is 0 Å². The summed E-state index contributed by atoms with van der Waals surface area (Å²) >= 11 is 0.